The molecule has 0 unspecified atom stereocenters. The summed E-state index contributed by atoms with van der Waals surface area (Å²) in [6.45, 7) is 13.1. The number of likely N-dealkylation sites (tertiary alicyclic amines) is 1. The third-order valence-corrected chi connectivity index (χ3v) is 6.91. The number of rotatable bonds is 9. The maximum absolute atomic E-state index is 13.1. The van der Waals surface area contributed by atoms with Crippen LogP contribution in [0.15, 0.2) is 42.5 Å². The highest BCUT2D eigenvalue weighted by molar-refractivity contribution is 5.95. The fourth-order valence-electron chi connectivity index (χ4n) is 5.16. The fourth-order valence-corrected chi connectivity index (χ4v) is 5.16. The van der Waals surface area contributed by atoms with E-state index in [-0.39, 0.29) is 17.9 Å². The Labute approximate surface area is 193 Å². The number of urea groups is 1. The molecule has 176 valence electrons. The van der Waals surface area contributed by atoms with Gasteiger partial charge in [0.25, 0.3) is 0 Å². The number of amides is 2. The molecule has 0 spiro atoms. The number of nitrogens with zero attached hydrogens (tertiary/aromatic N) is 3. The highest BCUT2D eigenvalue weighted by Gasteiger charge is 2.41. The minimum atomic E-state index is 0.00653. The smallest absolute Gasteiger partial charge is 0.317 e. The van der Waals surface area contributed by atoms with Crippen LogP contribution in [0.1, 0.15) is 45.1 Å². The summed E-state index contributed by atoms with van der Waals surface area (Å²) in [5.41, 5.74) is 2.05. The van der Waals surface area contributed by atoms with Gasteiger partial charge in [0.1, 0.15) is 0 Å². The second kappa shape index (κ2) is 11.6. The van der Waals surface area contributed by atoms with Crippen molar-refractivity contribution < 1.29 is 9.59 Å². The van der Waals surface area contributed by atoms with E-state index < -0.39 is 0 Å². The van der Waals surface area contributed by atoms with Gasteiger partial charge in [0.05, 0.1) is 0 Å². The summed E-state index contributed by atoms with van der Waals surface area (Å²) in [7, 11) is 2.09. The van der Waals surface area contributed by atoms with Gasteiger partial charge in [-0.25, -0.2) is 4.79 Å². The largest absolute Gasteiger partial charge is 0.334 e. The number of piperidine rings is 1. The Balaban J connectivity index is 1.53. The van der Waals surface area contributed by atoms with Crippen molar-refractivity contribution in [3.05, 3.63) is 48.0 Å². The molecule has 0 aromatic heterocycles. The lowest BCUT2D eigenvalue weighted by molar-refractivity contribution is -0.119. The van der Waals surface area contributed by atoms with Crippen LogP contribution in [0.5, 0.6) is 0 Å². The van der Waals surface area contributed by atoms with E-state index in [0.717, 1.165) is 51.0 Å². The van der Waals surface area contributed by atoms with Crippen LogP contribution in [0.3, 0.4) is 0 Å². The van der Waals surface area contributed by atoms with Crippen molar-refractivity contribution in [1.29, 1.82) is 0 Å². The molecule has 1 aliphatic carbocycles. The predicted molar refractivity (Wildman–Crippen MR) is 129 cm³/mol. The average molecular weight is 441 g/mol. The van der Waals surface area contributed by atoms with Gasteiger partial charge in [0.15, 0.2) is 5.78 Å². The Kier molecular flexibility index (Phi) is 8.88. The normalized spacial score (nSPS) is 23.8. The molecule has 1 aliphatic heterocycles. The molecular weight excluding hydrogens is 400 g/mol. The molecule has 1 N–H and O–H groups in total. The molecule has 1 aromatic carbocycles. The summed E-state index contributed by atoms with van der Waals surface area (Å²) >= 11 is 0. The lowest BCUT2D eigenvalue weighted by Crippen LogP contribution is -2.59. The second-order valence-electron chi connectivity index (χ2n) is 9.44. The van der Waals surface area contributed by atoms with Crippen molar-refractivity contribution in [3.8, 4) is 0 Å². The molecule has 0 radical (unpaired) electrons. The average Bonchev–Trinajstić information content (AvgIpc) is 2.76. The van der Waals surface area contributed by atoms with E-state index in [1.54, 1.807) is 0 Å². The van der Waals surface area contributed by atoms with Crippen LogP contribution in [0.25, 0.3) is 0 Å². The van der Waals surface area contributed by atoms with E-state index in [4.69, 9.17) is 0 Å². The maximum atomic E-state index is 13.1. The van der Waals surface area contributed by atoms with Gasteiger partial charge in [-0.1, -0.05) is 43.8 Å². The van der Waals surface area contributed by atoms with E-state index in [2.05, 4.69) is 59.9 Å². The molecule has 3 rings (SSSR count). The first kappa shape index (κ1) is 24.5. The number of likely N-dealkylation sites (N-methyl/N-ethyl adjacent to an activating group) is 2. The topological polar surface area (TPSA) is 55.9 Å². The Morgan fingerprint density at radius 2 is 1.94 bits per heavy atom. The highest BCUT2D eigenvalue weighted by Crippen LogP contribution is 2.35. The van der Waals surface area contributed by atoms with Crippen LogP contribution in [-0.4, -0.2) is 78.4 Å². The van der Waals surface area contributed by atoms with Crippen molar-refractivity contribution in [2.75, 3.05) is 39.8 Å². The quantitative estimate of drug-likeness (QED) is 0.597. The van der Waals surface area contributed by atoms with E-state index in [1.807, 2.05) is 17.9 Å². The zero-order chi connectivity index (χ0) is 23.1. The van der Waals surface area contributed by atoms with Gasteiger partial charge in [-0.3, -0.25) is 9.69 Å². The standard InChI is InChI=1S/C26H40N4O2/c1-5-12-30-19-23(16-22-17-25(31)20(3)15-24(22)30)27-26(32)29(6-2)14-13-28(4)18-21-10-8-7-9-11-21/h7-11,22-24H,3,5-6,12-19H2,1-2,4H3,(H,27,32)/t22-,23+,24-/m1/s1. The molecule has 6 nitrogen and oxygen atoms in total. The number of fused-ring (bicyclic) bond motifs is 1. The first-order valence-electron chi connectivity index (χ1n) is 12.1. The number of hydrogen-bond donors (Lipinski definition) is 1. The molecule has 1 aromatic rings. The number of hydrogen-bond acceptors (Lipinski definition) is 4. The van der Waals surface area contributed by atoms with E-state index in [0.29, 0.717) is 31.5 Å². The third kappa shape index (κ3) is 6.42. The molecule has 1 saturated heterocycles. The number of Topliss-reactive ketones (excluding diaryl/α,β-unsaturated/α-hetero) is 1. The number of carbonyl (C=O) groups excluding carboxylic acids is 2. The first-order chi connectivity index (χ1) is 15.4. The van der Waals surface area contributed by atoms with Gasteiger partial charge in [-0.05, 0) is 56.8 Å². The summed E-state index contributed by atoms with van der Waals surface area (Å²) in [6, 6.07) is 10.9. The minimum Gasteiger partial charge on any atom is -0.334 e. The molecule has 2 fully saturated rings. The molecular formula is C26H40N4O2. The molecule has 1 heterocycles. The van der Waals surface area contributed by atoms with Crippen molar-refractivity contribution in [1.82, 2.24) is 20.0 Å². The highest BCUT2D eigenvalue weighted by atomic mass is 16.2. The number of ketones is 1. The van der Waals surface area contributed by atoms with E-state index in [9.17, 15) is 9.59 Å². The van der Waals surface area contributed by atoms with Crippen molar-refractivity contribution in [2.24, 2.45) is 5.92 Å². The van der Waals surface area contributed by atoms with E-state index >= 15 is 0 Å². The Morgan fingerprint density at radius 3 is 2.62 bits per heavy atom. The van der Waals surface area contributed by atoms with Crippen molar-refractivity contribution in [2.45, 2.75) is 58.2 Å². The monoisotopic (exact) mass is 440 g/mol. The second-order valence-corrected chi connectivity index (χ2v) is 9.44. The van der Waals surface area contributed by atoms with Crippen molar-refractivity contribution >= 4 is 11.8 Å². The summed E-state index contributed by atoms with van der Waals surface area (Å²) < 4.78 is 0. The van der Waals surface area contributed by atoms with E-state index in [1.165, 1.54) is 5.56 Å². The van der Waals surface area contributed by atoms with Gasteiger partial charge in [0, 0.05) is 51.2 Å². The molecule has 0 bridgehead atoms. The predicted octanol–water partition coefficient (Wildman–Crippen LogP) is 3.54. The minimum absolute atomic E-state index is 0.00653. The van der Waals surface area contributed by atoms with Crippen molar-refractivity contribution in [3.63, 3.8) is 0 Å². The fraction of sp³-hybridized carbons (Fsp3) is 0.615. The SMILES string of the molecule is C=C1C[C@@H]2[C@@H](CC1=O)C[C@H](NC(=O)N(CC)CCN(C)Cc1ccccc1)CN2CCC. The number of benzene rings is 1. The van der Waals surface area contributed by atoms with Gasteiger partial charge < -0.3 is 15.1 Å². The zero-order valence-electron chi connectivity index (χ0n) is 20.1. The summed E-state index contributed by atoms with van der Waals surface area (Å²) in [5.74, 6) is 0.511. The molecule has 32 heavy (non-hydrogen) atoms. The summed E-state index contributed by atoms with van der Waals surface area (Å²) in [4.78, 5) is 31.9. The summed E-state index contributed by atoms with van der Waals surface area (Å²) in [6.07, 6.45) is 3.29. The van der Waals surface area contributed by atoms with Gasteiger partial charge in [-0.2, -0.15) is 0 Å². The lowest BCUT2D eigenvalue weighted by Gasteiger charge is -2.47. The Bertz CT molecular complexity index is 781. The van der Waals surface area contributed by atoms with Crippen LogP contribution in [0.2, 0.25) is 0 Å². The van der Waals surface area contributed by atoms with Crippen LogP contribution in [0, 0.1) is 5.92 Å². The Hall–Kier alpha value is -2.18. The van der Waals surface area contributed by atoms with Crippen LogP contribution >= 0.6 is 0 Å². The van der Waals surface area contributed by atoms with Crippen LogP contribution < -0.4 is 5.32 Å². The molecule has 2 amide bonds. The molecule has 1 saturated carbocycles. The van der Waals surface area contributed by atoms with Gasteiger partial charge in [-0.15, -0.1) is 0 Å². The molecule has 6 heteroatoms. The number of carbonyl (C=O) groups is 2. The van der Waals surface area contributed by atoms with Crippen LogP contribution in [-0.2, 0) is 11.3 Å². The number of nitrogens with one attached hydrogen (secondary N) is 1. The van der Waals surface area contributed by atoms with Gasteiger partial charge in [0.2, 0.25) is 0 Å². The van der Waals surface area contributed by atoms with Crippen LogP contribution in [0.4, 0.5) is 4.79 Å². The first-order valence-corrected chi connectivity index (χ1v) is 12.1. The third-order valence-electron chi connectivity index (χ3n) is 6.91. The molecule has 2 aliphatic rings. The Morgan fingerprint density at radius 1 is 1.19 bits per heavy atom. The van der Waals surface area contributed by atoms with Gasteiger partial charge >= 0.3 is 6.03 Å². The molecule has 3 atom stereocenters. The summed E-state index contributed by atoms with van der Waals surface area (Å²) in [5, 5.41) is 3.28. The maximum Gasteiger partial charge on any atom is 0.317 e. The lowest BCUT2D eigenvalue weighted by atomic mass is 9.74. The zero-order valence-corrected chi connectivity index (χ0v) is 20.1.